The van der Waals surface area contributed by atoms with E-state index in [0.29, 0.717) is 6.42 Å². The van der Waals surface area contributed by atoms with Crippen molar-refractivity contribution in [2.45, 2.75) is 19.4 Å². The third-order valence-corrected chi connectivity index (χ3v) is 1.01. The molecule has 0 spiro atoms. The minimum Gasteiger partial charge on any atom is -0.382 e. The zero-order chi connectivity index (χ0) is 7.44. The van der Waals surface area contributed by atoms with Crippen molar-refractivity contribution in [2.75, 3.05) is 0 Å². The second kappa shape index (κ2) is 3.19. The molecule has 0 aromatic heterocycles. The zero-order valence-corrected chi connectivity index (χ0v) is 5.20. The number of rotatable bonds is 3. The Morgan fingerprint density at radius 2 is 2.44 bits per heavy atom. The second-order valence-corrected chi connectivity index (χ2v) is 1.67. The van der Waals surface area contributed by atoms with Gasteiger partial charge in [0.05, 0.1) is 4.92 Å². The number of nitro groups is 1. The summed E-state index contributed by atoms with van der Waals surface area (Å²) in [5, 5.41) is 18.6. The Kier molecular flexibility index (Phi) is 2.87. The predicted molar refractivity (Wildman–Crippen MR) is 32.4 cm³/mol. The lowest BCUT2D eigenvalue weighted by molar-refractivity contribution is -0.435. The molecule has 0 aromatic rings. The first-order valence-corrected chi connectivity index (χ1v) is 2.60. The molecule has 1 unspecified atom stereocenters. The van der Waals surface area contributed by atoms with Gasteiger partial charge >= 0.3 is 0 Å². The van der Waals surface area contributed by atoms with E-state index in [0.717, 1.165) is 0 Å². The fourth-order valence-corrected chi connectivity index (χ4v) is 0.357. The lowest BCUT2D eigenvalue weighted by Crippen LogP contribution is -2.14. The Balaban J connectivity index is 3.88. The van der Waals surface area contributed by atoms with Crippen LogP contribution in [-0.4, -0.2) is 16.1 Å². The molecule has 0 bridgehead atoms. The fraction of sp³-hybridized carbons (Fsp3) is 0.600. The van der Waals surface area contributed by atoms with E-state index in [2.05, 4.69) is 6.58 Å². The Bertz CT molecular complexity index is 132. The lowest BCUT2D eigenvalue weighted by atomic mass is 10.2. The Morgan fingerprint density at radius 1 is 2.00 bits per heavy atom. The van der Waals surface area contributed by atoms with Crippen molar-refractivity contribution in [3.05, 3.63) is 22.4 Å². The van der Waals surface area contributed by atoms with Crippen molar-refractivity contribution in [2.24, 2.45) is 0 Å². The Hall–Kier alpha value is -0.900. The molecular formula is C5H9NO3. The molecule has 0 aliphatic heterocycles. The summed E-state index contributed by atoms with van der Waals surface area (Å²) in [7, 11) is 0. The highest BCUT2D eigenvalue weighted by molar-refractivity contribution is 4.88. The van der Waals surface area contributed by atoms with Crippen molar-refractivity contribution >= 4 is 0 Å². The van der Waals surface area contributed by atoms with Crippen molar-refractivity contribution in [1.29, 1.82) is 0 Å². The van der Waals surface area contributed by atoms with Crippen molar-refractivity contribution < 1.29 is 10.0 Å². The molecule has 0 fully saturated rings. The number of nitrogens with zero attached hydrogens (tertiary/aromatic N) is 1. The molecule has 4 heteroatoms. The average Bonchev–Trinajstić information content (AvgIpc) is 1.84. The molecule has 0 rings (SSSR count). The van der Waals surface area contributed by atoms with E-state index >= 15 is 0 Å². The Labute approximate surface area is 53.0 Å². The van der Waals surface area contributed by atoms with E-state index in [1.165, 1.54) is 0 Å². The number of hydrogen-bond acceptors (Lipinski definition) is 3. The van der Waals surface area contributed by atoms with Gasteiger partial charge in [0.1, 0.15) is 6.10 Å². The smallest absolute Gasteiger partial charge is 0.267 e. The molecule has 0 saturated carbocycles. The molecule has 0 radical (unpaired) electrons. The maximum atomic E-state index is 9.85. The average molecular weight is 131 g/mol. The van der Waals surface area contributed by atoms with Gasteiger partial charge in [0, 0.05) is 0 Å². The third kappa shape index (κ3) is 2.23. The van der Waals surface area contributed by atoms with Gasteiger partial charge in [-0.1, -0.05) is 6.92 Å². The molecular weight excluding hydrogens is 122 g/mol. The molecule has 0 aliphatic rings. The summed E-state index contributed by atoms with van der Waals surface area (Å²) < 4.78 is 0. The van der Waals surface area contributed by atoms with E-state index < -0.39 is 11.0 Å². The number of aliphatic hydroxyl groups excluding tert-OH is 1. The topological polar surface area (TPSA) is 63.4 Å². The van der Waals surface area contributed by atoms with Crippen LogP contribution in [0.2, 0.25) is 0 Å². The second-order valence-electron chi connectivity index (χ2n) is 1.67. The molecule has 52 valence electrons. The van der Waals surface area contributed by atoms with Crippen LogP contribution in [0.25, 0.3) is 0 Å². The van der Waals surface area contributed by atoms with Crippen LogP contribution in [0.1, 0.15) is 13.3 Å². The minimum absolute atomic E-state index is 0.333. The molecule has 0 saturated heterocycles. The highest BCUT2D eigenvalue weighted by Gasteiger charge is 2.15. The summed E-state index contributed by atoms with van der Waals surface area (Å²) in [6.07, 6.45) is -0.667. The third-order valence-electron chi connectivity index (χ3n) is 1.01. The lowest BCUT2D eigenvalue weighted by Gasteiger charge is -2.00. The minimum atomic E-state index is -1.00. The summed E-state index contributed by atoms with van der Waals surface area (Å²) in [6.45, 7) is 4.73. The van der Waals surface area contributed by atoms with E-state index in [-0.39, 0.29) is 5.70 Å². The van der Waals surface area contributed by atoms with Crippen molar-refractivity contribution in [3.8, 4) is 0 Å². The largest absolute Gasteiger partial charge is 0.382 e. The van der Waals surface area contributed by atoms with Crippen LogP contribution in [0.15, 0.2) is 12.3 Å². The quantitative estimate of drug-likeness (QED) is 0.449. The molecule has 9 heavy (non-hydrogen) atoms. The van der Waals surface area contributed by atoms with Crippen LogP contribution in [-0.2, 0) is 0 Å². The first-order valence-electron chi connectivity index (χ1n) is 2.60. The first-order chi connectivity index (χ1) is 4.09. The van der Waals surface area contributed by atoms with Gasteiger partial charge in [0.25, 0.3) is 5.70 Å². The summed E-state index contributed by atoms with van der Waals surface area (Å²) in [4.78, 5) is 9.17. The predicted octanol–water partition coefficient (Wildman–Crippen LogP) is 0.548. The van der Waals surface area contributed by atoms with Gasteiger partial charge in [0.15, 0.2) is 0 Å². The van der Waals surface area contributed by atoms with Crippen LogP contribution < -0.4 is 0 Å². The molecule has 1 atom stereocenters. The van der Waals surface area contributed by atoms with Gasteiger partial charge in [-0.25, -0.2) is 0 Å². The van der Waals surface area contributed by atoms with E-state index in [1.807, 2.05) is 0 Å². The van der Waals surface area contributed by atoms with Gasteiger partial charge in [-0.2, -0.15) is 0 Å². The van der Waals surface area contributed by atoms with Crippen molar-refractivity contribution in [1.82, 2.24) is 0 Å². The maximum absolute atomic E-state index is 9.85. The monoisotopic (exact) mass is 131 g/mol. The molecule has 0 amide bonds. The van der Waals surface area contributed by atoms with E-state index in [9.17, 15) is 10.1 Å². The van der Waals surface area contributed by atoms with Gasteiger partial charge in [-0.3, -0.25) is 10.1 Å². The van der Waals surface area contributed by atoms with E-state index in [1.54, 1.807) is 6.92 Å². The van der Waals surface area contributed by atoms with Gasteiger partial charge in [-0.15, -0.1) is 0 Å². The SMILES string of the molecule is C=C(C(O)CC)[N+](=O)[O-]. The molecule has 0 heterocycles. The van der Waals surface area contributed by atoms with E-state index in [4.69, 9.17) is 5.11 Å². The number of hydrogen-bond donors (Lipinski definition) is 1. The molecule has 4 nitrogen and oxygen atoms in total. The first kappa shape index (κ1) is 8.10. The summed E-state index contributed by atoms with van der Waals surface area (Å²) in [6, 6.07) is 0. The summed E-state index contributed by atoms with van der Waals surface area (Å²) in [5.74, 6) is 0. The number of aliphatic hydroxyl groups is 1. The van der Waals surface area contributed by atoms with Crippen LogP contribution in [0.5, 0.6) is 0 Å². The molecule has 1 N–H and O–H groups in total. The van der Waals surface area contributed by atoms with Crippen LogP contribution >= 0.6 is 0 Å². The normalized spacial score (nSPS) is 12.7. The zero-order valence-electron chi connectivity index (χ0n) is 5.20. The van der Waals surface area contributed by atoms with Crippen LogP contribution in [0.3, 0.4) is 0 Å². The molecule has 0 aliphatic carbocycles. The van der Waals surface area contributed by atoms with Gasteiger partial charge < -0.3 is 5.11 Å². The highest BCUT2D eigenvalue weighted by Crippen LogP contribution is 2.02. The maximum Gasteiger partial charge on any atom is 0.267 e. The van der Waals surface area contributed by atoms with Crippen LogP contribution in [0, 0.1) is 10.1 Å². The molecule has 0 aromatic carbocycles. The fourth-order valence-electron chi connectivity index (χ4n) is 0.357. The summed E-state index contributed by atoms with van der Waals surface area (Å²) in [5.41, 5.74) is -0.336. The van der Waals surface area contributed by atoms with Crippen LogP contribution in [0.4, 0.5) is 0 Å². The van der Waals surface area contributed by atoms with Gasteiger partial charge in [-0.05, 0) is 13.0 Å². The standard InChI is InChI=1S/C5H9NO3/c1-3-5(7)4(2)6(8)9/h5,7H,2-3H2,1H3. The Morgan fingerprint density at radius 3 is 2.56 bits per heavy atom. The highest BCUT2D eigenvalue weighted by atomic mass is 16.6. The van der Waals surface area contributed by atoms with Gasteiger partial charge in [0.2, 0.25) is 0 Å². The van der Waals surface area contributed by atoms with Crippen molar-refractivity contribution in [3.63, 3.8) is 0 Å². The summed E-state index contributed by atoms with van der Waals surface area (Å²) >= 11 is 0.